The second kappa shape index (κ2) is 5.34. The first-order valence-electron chi connectivity index (χ1n) is 5.91. The Morgan fingerprint density at radius 2 is 2.18 bits per heavy atom. The SMILES string of the molecule is OCCC1(CNCc2cc(F)ccc2Cl)CC1. The van der Waals surface area contributed by atoms with Crippen molar-refractivity contribution in [3.8, 4) is 0 Å². The van der Waals surface area contributed by atoms with Crippen LogP contribution in [0.15, 0.2) is 18.2 Å². The maximum Gasteiger partial charge on any atom is 0.123 e. The van der Waals surface area contributed by atoms with Crippen LogP contribution < -0.4 is 5.32 Å². The molecule has 1 saturated carbocycles. The molecular formula is C13H17ClFNO. The number of halogens is 2. The van der Waals surface area contributed by atoms with Crippen molar-refractivity contribution >= 4 is 11.6 Å². The van der Waals surface area contributed by atoms with E-state index in [4.69, 9.17) is 16.7 Å². The van der Waals surface area contributed by atoms with Crippen LogP contribution in [0.1, 0.15) is 24.8 Å². The van der Waals surface area contributed by atoms with E-state index in [-0.39, 0.29) is 17.8 Å². The molecule has 0 amide bonds. The highest BCUT2D eigenvalue weighted by Crippen LogP contribution is 2.47. The highest BCUT2D eigenvalue weighted by atomic mass is 35.5. The molecule has 0 aliphatic heterocycles. The Labute approximate surface area is 106 Å². The summed E-state index contributed by atoms with van der Waals surface area (Å²) in [5.74, 6) is -0.261. The average molecular weight is 258 g/mol. The minimum atomic E-state index is -0.261. The quantitative estimate of drug-likeness (QED) is 0.821. The summed E-state index contributed by atoms with van der Waals surface area (Å²) in [4.78, 5) is 0. The molecule has 1 aromatic carbocycles. The van der Waals surface area contributed by atoms with Crippen LogP contribution in [0.3, 0.4) is 0 Å². The fraction of sp³-hybridized carbons (Fsp3) is 0.538. The maximum atomic E-state index is 13.0. The molecule has 4 heteroatoms. The molecule has 0 bridgehead atoms. The number of aliphatic hydroxyl groups is 1. The normalized spacial score (nSPS) is 17.1. The lowest BCUT2D eigenvalue weighted by Gasteiger charge is -2.15. The van der Waals surface area contributed by atoms with E-state index in [1.807, 2.05) is 0 Å². The molecule has 94 valence electrons. The minimum absolute atomic E-state index is 0.238. The Morgan fingerprint density at radius 3 is 2.82 bits per heavy atom. The summed E-state index contributed by atoms with van der Waals surface area (Å²) in [6, 6.07) is 4.40. The zero-order valence-corrected chi connectivity index (χ0v) is 10.4. The zero-order chi connectivity index (χ0) is 12.3. The van der Waals surface area contributed by atoms with E-state index in [0.29, 0.717) is 11.6 Å². The van der Waals surface area contributed by atoms with Crippen molar-refractivity contribution in [3.63, 3.8) is 0 Å². The van der Waals surface area contributed by atoms with Gasteiger partial charge in [-0.25, -0.2) is 4.39 Å². The standard InChI is InChI=1S/C13H17ClFNO/c14-12-2-1-11(15)7-10(12)8-16-9-13(3-4-13)5-6-17/h1-2,7,16-17H,3-6,8-9H2. The molecule has 1 aromatic rings. The molecule has 17 heavy (non-hydrogen) atoms. The van der Waals surface area contributed by atoms with E-state index in [9.17, 15) is 4.39 Å². The van der Waals surface area contributed by atoms with Gasteiger partial charge in [-0.1, -0.05) is 11.6 Å². The van der Waals surface area contributed by atoms with Gasteiger partial charge in [-0.15, -0.1) is 0 Å². The molecule has 0 radical (unpaired) electrons. The van der Waals surface area contributed by atoms with Crippen LogP contribution in [-0.4, -0.2) is 18.3 Å². The van der Waals surface area contributed by atoms with Crippen LogP contribution in [-0.2, 0) is 6.54 Å². The molecule has 0 heterocycles. The van der Waals surface area contributed by atoms with Crippen molar-refractivity contribution in [2.24, 2.45) is 5.41 Å². The number of hydrogen-bond acceptors (Lipinski definition) is 2. The van der Waals surface area contributed by atoms with E-state index in [2.05, 4.69) is 5.32 Å². The van der Waals surface area contributed by atoms with Gasteiger partial charge < -0.3 is 10.4 Å². The number of aliphatic hydroxyl groups excluding tert-OH is 1. The van der Waals surface area contributed by atoms with Gasteiger partial charge in [-0.05, 0) is 48.4 Å². The van der Waals surface area contributed by atoms with Crippen molar-refractivity contribution < 1.29 is 9.50 Å². The van der Waals surface area contributed by atoms with Gasteiger partial charge in [0.1, 0.15) is 5.82 Å². The Bertz CT molecular complexity index is 393. The molecule has 0 aromatic heterocycles. The molecule has 0 saturated heterocycles. The van der Waals surface area contributed by atoms with Crippen LogP contribution >= 0.6 is 11.6 Å². The predicted octanol–water partition coefficient (Wildman–Crippen LogP) is 2.73. The number of benzene rings is 1. The fourth-order valence-corrected chi connectivity index (χ4v) is 2.25. The summed E-state index contributed by atoms with van der Waals surface area (Å²) < 4.78 is 13.0. The van der Waals surface area contributed by atoms with Crippen LogP contribution in [0.5, 0.6) is 0 Å². The Balaban J connectivity index is 1.84. The first-order chi connectivity index (χ1) is 8.15. The lowest BCUT2D eigenvalue weighted by atomic mass is 10.0. The predicted molar refractivity (Wildman–Crippen MR) is 66.5 cm³/mol. The molecule has 2 rings (SSSR count). The first kappa shape index (κ1) is 12.8. The van der Waals surface area contributed by atoms with Crippen LogP contribution in [0.25, 0.3) is 0 Å². The van der Waals surface area contributed by atoms with Crippen molar-refractivity contribution in [2.75, 3.05) is 13.2 Å². The third kappa shape index (κ3) is 3.41. The van der Waals surface area contributed by atoms with Gasteiger partial charge in [0.05, 0.1) is 0 Å². The van der Waals surface area contributed by atoms with Gasteiger partial charge in [0.25, 0.3) is 0 Å². The summed E-state index contributed by atoms with van der Waals surface area (Å²) in [7, 11) is 0. The largest absolute Gasteiger partial charge is 0.396 e. The maximum absolute atomic E-state index is 13.0. The monoisotopic (exact) mass is 257 g/mol. The Kier molecular flexibility index (Phi) is 4.02. The zero-order valence-electron chi connectivity index (χ0n) is 9.68. The van der Waals surface area contributed by atoms with Crippen molar-refractivity contribution in [1.82, 2.24) is 5.32 Å². The molecule has 1 aliphatic carbocycles. The van der Waals surface area contributed by atoms with Gasteiger partial charge in [-0.2, -0.15) is 0 Å². The average Bonchev–Trinajstić information content (AvgIpc) is 3.04. The van der Waals surface area contributed by atoms with E-state index in [1.165, 1.54) is 12.1 Å². The molecule has 2 N–H and O–H groups in total. The summed E-state index contributed by atoms with van der Waals surface area (Å²) >= 11 is 5.98. The molecule has 0 atom stereocenters. The van der Waals surface area contributed by atoms with Gasteiger partial charge in [-0.3, -0.25) is 0 Å². The Morgan fingerprint density at radius 1 is 1.41 bits per heavy atom. The van der Waals surface area contributed by atoms with Crippen LogP contribution in [0, 0.1) is 11.2 Å². The van der Waals surface area contributed by atoms with Gasteiger partial charge >= 0.3 is 0 Å². The number of rotatable bonds is 6. The lowest BCUT2D eigenvalue weighted by molar-refractivity contribution is 0.245. The molecule has 2 nitrogen and oxygen atoms in total. The van der Waals surface area contributed by atoms with Gasteiger partial charge in [0, 0.05) is 24.7 Å². The summed E-state index contributed by atoms with van der Waals surface area (Å²) in [5.41, 5.74) is 1.06. The molecule has 0 spiro atoms. The van der Waals surface area contributed by atoms with Crippen molar-refractivity contribution in [1.29, 1.82) is 0 Å². The topological polar surface area (TPSA) is 32.3 Å². The first-order valence-corrected chi connectivity index (χ1v) is 6.29. The second-order valence-corrected chi connectivity index (χ2v) is 5.22. The molecule has 1 fully saturated rings. The third-order valence-corrected chi connectivity index (χ3v) is 3.79. The van der Waals surface area contributed by atoms with Gasteiger partial charge in [0.2, 0.25) is 0 Å². The van der Waals surface area contributed by atoms with Crippen LogP contribution in [0.2, 0.25) is 5.02 Å². The van der Waals surface area contributed by atoms with Crippen molar-refractivity contribution in [2.45, 2.75) is 25.8 Å². The van der Waals surface area contributed by atoms with E-state index in [1.54, 1.807) is 6.07 Å². The fourth-order valence-electron chi connectivity index (χ4n) is 2.07. The highest BCUT2D eigenvalue weighted by Gasteiger charge is 2.41. The Hall–Kier alpha value is -0.640. The lowest BCUT2D eigenvalue weighted by Crippen LogP contribution is -2.24. The summed E-state index contributed by atoms with van der Waals surface area (Å²) in [5, 5.41) is 12.8. The van der Waals surface area contributed by atoms with Gasteiger partial charge in [0.15, 0.2) is 0 Å². The third-order valence-electron chi connectivity index (χ3n) is 3.42. The second-order valence-electron chi connectivity index (χ2n) is 4.81. The summed E-state index contributed by atoms with van der Waals surface area (Å²) in [6.07, 6.45) is 3.17. The van der Waals surface area contributed by atoms with Crippen molar-refractivity contribution in [3.05, 3.63) is 34.6 Å². The number of nitrogens with one attached hydrogen (secondary N) is 1. The number of hydrogen-bond donors (Lipinski definition) is 2. The molecule has 0 unspecified atom stereocenters. The van der Waals surface area contributed by atoms with Crippen LogP contribution in [0.4, 0.5) is 4.39 Å². The highest BCUT2D eigenvalue weighted by molar-refractivity contribution is 6.31. The van der Waals surface area contributed by atoms with E-state index >= 15 is 0 Å². The molecular weight excluding hydrogens is 241 g/mol. The smallest absolute Gasteiger partial charge is 0.123 e. The minimum Gasteiger partial charge on any atom is -0.396 e. The summed E-state index contributed by atoms with van der Waals surface area (Å²) in [6.45, 7) is 1.67. The van der Waals surface area contributed by atoms with E-state index < -0.39 is 0 Å². The molecule has 1 aliphatic rings. The van der Waals surface area contributed by atoms with E-state index in [0.717, 1.165) is 31.4 Å².